The van der Waals surface area contributed by atoms with Gasteiger partial charge in [-0.25, -0.2) is 0 Å². The van der Waals surface area contributed by atoms with Crippen LogP contribution in [0.4, 0.5) is 11.4 Å². The maximum absolute atomic E-state index is 13.3. The van der Waals surface area contributed by atoms with E-state index in [1.165, 1.54) is 5.56 Å². The second-order valence-electron chi connectivity index (χ2n) is 7.65. The van der Waals surface area contributed by atoms with Crippen molar-refractivity contribution >= 4 is 34.5 Å². The van der Waals surface area contributed by atoms with Crippen LogP contribution in [0, 0.1) is 0 Å². The van der Waals surface area contributed by atoms with E-state index in [1.54, 1.807) is 18.3 Å². The van der Waals surface area contributed by atoms with Crippen molar-refractivity contribution < 1.29 is 9.59 Å². The lowest BCUT2D eigenvalue weighted by molar-refractivity contribution is -0.117. The van der Waals surface area contributed by atoms with Crippen LogP contribution in [0.2, 0.25) is 0 Å². The normalized spacial score (nSPS) is 11.6. The van der Waals surface area contributed by atoms with Crippen LogP contribution in [0.5, 0.6) is 0 Å². The van der Waals surface area contributed by atoms with Crippen LogP contribution in [0.15, 0.2) is 91.1 Å². The van der Waals surface area contributed by atoms with Gasteiger partial charge in [-0.15, -0.1) is 0 Å². The predicted octanol–water partition coefficient (Wildman–Crippen LogP) is 5.49. The lowest BCUT2D eigenvalue weighted by Gasteiger charge is -2.21. The number of amides is 1. The summed E-state index contributed by atoms with van der Waals surface area (Å²) >= 11 is 0. The van der Waals surface area contributed by atoms with E-state index in [9.17, 15) is 9.59 Å². The number of fused-ring (bicyclic) bond motifs is 1. The molecule has 0 aliphatic carbocycles. The van der Waals surface area contributed by atoms with Gasteiger partial charge >= 0.3 is 0 Å². The van der Waals surface area contributed by atoms with Gasteiger partial charge in [-0.1, -0.05) is 60.7 Å². The van der Waals surface area contributed by atoms with Crippen LogP contribution < -0.4 is 10.6 Å². The number of aromatic nitrogens is 1. The molecule has 1 unspecified atom stereocenters. The van der Waals surface area contributed by atoms with Gasteiger partial charge in [0.25, 0.3) is 0 Å². The van der Waals surface area contributed by atoms with Gasteiger partial charge in [-0.3, -0.25) is 14.6 Å². The number of nitrogens with one attached hydrogen (secondary N) is 2. The van der Waals surface area contributed by atoms with E-state index in [-0.39, 0.29) is 5.91 Å². The lowest BCUT2D eigenvalue weighted by Crippen LogP contribution is -2.35. The predicted molar refractivity (Wildman–Crippen MR) is 129 cm³/mol. The summed E-state index contributed by atoms with van der Waals surface area (Å²) in [6, 6.07) is 26.5. The Labute approximate surface area is 187 Å². The standard InChI is InChI=1S/C27H25N3O2/c31-19-22-12-4-5-15-23(22)29-25(17-6-11-20-9-2-1-3-10-20)27(32)30-24-16-7-13-21-14-8-18-28-26(21)24/h1-5,7-10,12-16,18-19,25,29H,6,11,17H2,(H,30,32). The first-order valence-corrected chi connectivity index (χ1v) is 10.7. The van der Waals surface area contributed by atoms with Crippen molar-refractivity contribution in [1.82, 2.24) is 4.98 Å². The zero-order chi connectivity index (χ0) is 22.2. The summed E-state index contributed by atoms with van der Waals surface area (Å²) in [6.45, 7) is 0. The molecule has 0 saturated heterocycles. The topological polar surface area (TPSA) is 71.1 Å². The number of rotatable bonds is 9. The summed E-state index contributed by atoms with van der Waals surface area (Å²) in [5.74, 6) is -0.156. The zero-order valence-electron chi connectivity index (χ0n) is 17.7. The van der Waals surface area contributed by atoms with E-state index < -0.39 is 6.04 Å². The Balaban J connectivity index is 1.54. The number of anilines is 2. The molecule has 2 N–H and O–H groups in total. The first-order chi connectivity index (χ1) is 15.7. The number of aryl methyl sites for hydroxylation is 1. The highest BCUT2D eigenvalue weighted by atomic mass is 16.2. The number of hydrogen-bond acceptors (Lipinski definition) is 4. The van der Waals surface area contributed by atoms with Gasteiger partial charge in [0.2, 0.25) is 5.91 Å². The van der Waals surface area contributed by atoms with Crippen molar-refractivity contribution in [3.63, 3.8) is 0 Å². The lowest BCUT2D eigenvalue weighted by atomic mass is 10.0. The van der Waals surface area contributed by atoms with E-state index >= 15 is 0 Å². The molecule has 0 aliphatic heterocycles. The minimum atomic E-state index is -0.501. The molecular weight excluding hydrogens is 398 g/mol. The molecule has 3 aromatic carbocycles. The third-order valence-electron chi connectivity index (χ3n) is 5.43. The number of benzene rings is 3. The number of carbonyl (C=O) groups is 2. The molecule has 0 spiro atoms. The Morgan fingerprint density at radius 3 is 2.47 bits per heavy atom. The number of aldehydes is 1. The van der Waals surface area contributed by atoms with Gasteiger partial charge in [0.15, 0.2) is 6.29 Å². The maximum Gasteiger partial charge on any atom is 0.246 e. The molecule has 4 rings (SSSR count). The molecule has 1 atom stereocenters. The third kappa shape index (κ3) is 5.19. The molecule has 1 aromatic heterocycles. The van der Waals surface area contributed by atoms with E-state index in [2.05, 4.69) is 27.8 Å². The monoisotopic (exact) mass is 423 g/mol. The summed E-state index contributed by atoms with van der Waals surface area (Å²) < 4.78 is 0. The molecular formula is C27H25N3O2. The molecule has 0 aliphatic rings. The molecule has 0 radical (unpaired) electrons. The van der Waals surface area contributed by atoms with Crippen LogP contribution in [0.3, 0.4) is 0 Å². The van der Waals surface area contributed by atoms with Crippen LogP contribution >= 0.6 is 0 Å². The van der Waals surface area contributed by atoms with E-state index in [0.29, 0.717) is 23.4 Å². The molecule has 160 valence electrons. The molecule has 0 saturated carbocycles. The highest BCUT2D eigenvalue weighted by Crippen LogP contribution is 2.22. The minimum absolute atomic E-state index is 0.156. The van der Waals surface area contributed by atoms with E-state index in [0.717, 1.165) is 30.0 Å². The number of hydrogen-bond donors (Lipinski definition) is 2. The highest BCUT2D eigenvalue weighted by Gasteiger charge is 2.20. The Kier molecular flexibility index (Phi) is 6.88. The molecule has 1 heterocycles. The Morgan fingerprint density at radius 1 is 0.875 bits per heavy atom. The number of nitrogens with zero attached hydrogens (tertiary/aromatic N) is 1. The first-order valence-electron chi connectivity index (χ1n) is 10.7. The van der Waals surface area contributed by atoms with Crippen molar-refractivity contribution in [1.29, 1.82) is 0 Å². The molecule has 5 nitrogen and oxygen atoms in total. The van der Waals surface area contributed by atoms with E-state index in [1.807, 2.05) is 60.7 Å². The summed E-state index contributed by atoms with van der Waals surface area (Å²) in [5, 5.41) is 7.29. The smallest absolute Gasteiger partial charge is 0.246 e. The fourth-order valence-corrected chi connectivity index (χ4v) is 3.77. The van der Waals surface area contributed by atoms with Gasteiger partial charge in [0.05, 0.1) is 11.2 Å². The molecule has 0 bridgehead atoms. The third-order valence-corrected chi connectivity index (χ3v) is 5.43. The fraction of sp³-hybridized carbons (Fsp3) is 0.148. The van der Waals surface area contributed by atoms with Crippen LogP contribution in [0.1, 0.15) is 28.8 Å². The van der Waals surface area contributed by atoms with Gasteiger partial charge in [-0.2, -0.15) is 0 Å². The Hall–Kier alpha value is -3.99. The van der Waals surface area contributed by atoms with Crippen LogP contribution in [-0.4, -0.2) is 23.2 Å². The fourth-order valence-electron chi connectivity index (χ4n) is 3.77. The van der Waals surface area contributed by atoms with Crippen LogP contribution in [-0.2, 0) is 11.2 Å². The Morgan fingerprint density at radius 2 is 1.62 bits per heavy atom. The van der Waals surface area contributed by atoms with Crippen molar-refractivity contribution in [3.8, 4) is 0 Å². The number of pyridine rings is 1. The molecule has 4 aromatic rings. The van der Waals surface area contributed by atoms with Crippen molar-refractivity contribution in [2.24, 2.45) is 0 Å². The van der Waals surface area contributed by atoms with Crippen molar-refractivity contribution in [2.75, 3.05) is 10.6 Å². The minimum Gasteiger partial charge on any atom is -0.373 e. The molecule has 1 amide bonds. The molecule has 0 fully saturated rings. The summed E-state index contributed by atoms with van der Waals surface area (Å²) in [6.07, 6.45) is 4.83. The van der Waals surface area contributed by atoms with Crippen molar-refractivity contribution in [2.45, 2.75) is 25.3 Å². The average Bonchev–Trinajstić information content (AvgIpc) is 2.84. The SMILES string of the molecule is O=Cc1ccccc1NC(CCCc1ccccc1)C(=O)Nc1cccc2cccnc12. The second-order valence-corrected chi connectivity index (χ2v) is 7.65. The van der Waals surface area contributed by atoms with E-state index in [4.69, 9.17) is 0 Å². The maximum atomic E-state index is 13.3. The Bertz CT molecular complexity index is 1200. The second kappa shape index (κ2) is 10.4. The summed E-state index contributed by atoms with van der Waals surface area (Å²) in [4.78, 5) is 29.2. The average molecular weight is 424 g/mol. The summed E-state index contributed by atoms with van der Waals surface area (Å²) in [5.41, 5.74) is 3.84. The number of carbonyl (C=O) groups excluding carboxylic acids is 2. The zero-order valence-corrected chi connectivity index (χ0v) is 17.7. The van der Waals surface area contributed by atoms with Gasteiger partial charge in [-0.05, 0) is 49.1 Å². The van der Waals surface area contributed by atoms with Crippen LogP contribution in [0.25, 0.3) is 10.9 Å². The number of para-hydroxylation sites is 2. The quantitative estimate of drug-likeness (QED) is 0.349. The molecule has 5 heteroatoms. The largest absolute Gasteiger partial charge is 0.373 e. The highest BCUT2D eigenvalue weighted by molar-refractivity contribution is 6.03. The summed E-state index contributed by atoms with van der Waals surface area (Å²) in [7, 11) is 0. The first kappa shape index (κ1) is 21.2. The molecule has 32 heavy (non-hydrogen) atoms. The van der Waals surface area contributed by atoms with Crippen molar-refractivity contribution in [3.05, 3.63) is 102 Å². The van der Waals surface area contributed by atoms with Gasteiger partial charge in [0, 0.05) is 22.8 Å². The van der Waals surface area contributed by atoms with Gasteiger partial charge < -0.3 is 10.6 Å². The van der Waals surface area contributed by atoms with Gasteiger partial charge in [0.1, 0.15) is 6.04 Å².